The number of rotatable bonds is 4. The number of benzene rings is 1. The smallest absolute Gasteiger partial charge is 0.380 e. The van der Waals surface area contributed by atoms with Crippen molar-refractivity contribution in [1.82, 2.24) is 0 Å². The van der Waals surface area contributed by atoms with Crippen molar-refractivity contribution in [3.63, 3.8) is 0 Å². The molecule has 1 aromatic rings. The third-order valence-electron chi connectivity index (χ3n) is 2.15. The number of hydrogen-bond donors (Lipinski definition) is 1. The fraction of sp³-hybridized carbons (Fsp3) is 0.364. The Morgan fingerprint density at radius 2 is 2.17 bits per heavy atom. The highest BCUT2D eigenvalue weighted by atomic mass is 35.5. The standard InChI is InChI=1S/C11H10ClF3O3/c1-2-18-10(17)11(14,15)9(16)6-3-4-8(13)7(12)5-6/h3-5,9,16H,2H2,1H3. The molecule has 0 heterocycles. The molecule has 0 aliphatic heterocycles. The van der Waals surface area contributed by atoms with E-state index >= 15 is 0 Å². The largest absolute Gasteiger partial charge is 0.461 e. The molecular weight excluding hydrogens is 273 g/mol. The van der Waals surface area contributed by atoms with Crippen molar-refractivity contribution in [3.8, 4) is 0 Å². The number of aliphatic hydroxyl groups is 1. The summed E-state index contributed by atoms with van der Waals surface area (Å²) >= 11 is 5.40. The molecule has 0 spiro atoms. The maximum atomic E-state index is 13.5. The second kappa shape index (κ2) is 5.58. The van der Waals surface area contributed by atoms with Crippen molar-refractivity contribution in [2.75, 3.05) is 6.61 Å². The summed E-state index contributed by atoms with van der Waals surface area (Å²) in [6.45, 7) is 1.11. The number of carbonyl (C=O) groups is 1. The predicted molar refractivity (Wildman–Crippen MR) is 57.9 cm³/mol. The fourth-order valence-corrected chi connectivity index (χ4v) is 1.42. The van der Waals surface area contributed by atoms with E-state index in [1.54, 1.807) is 0 Å². The molecule has 1 atom stereocenters. The summed E-state index contributed by atoms with van der Waals surface area (Å²) < 4.78 is 43.9. The summed E-state index contributed by atoms with van der Waals surface area (Å²) in [6.07, 6.45) is -2.45. The van der Waals surface area contributed by atoms with Crippen LogP contribution in [0.5, 0.6) is 0 Å². The van der Waals surface area contributed by atoms with Gasteiger partial charge in [0.25, 0.3) is 0 Å². The zero-order chi connectivity index (χ0) is 13.9. The molecule has 0 radical (unpaired) electrons. The second-order valence-electron chi connectivity index (χ2n) is 3.42. The van der Waals surface area contributed by atoms with Crippen LogP contribution in [0, 0.1) is 5.82 Å². The van der Waals surface area contributed by atoms with E-state index in [1.807, 2.05) is 0 Å². The Labute approximate surface area is 106 Å². The zero-order valence-electron chi connectivity index (χ0n) is 9.29. The maximum Gasteiger partial charge on any atom is 0.380 e. The molecule has 0 aromatic heterocycles. The van der Waals surface area contributed by atoms with Gasteiger partial charge in [-0.2, -0.15) is 8.78 Å². The SMILES string of the molecule is CCOC(=O)C(F)(F)C(O)c1ccc(F)c(Cl)c1. The lowest BCUT2D eigenvalue weighted by molar-refractivity contribution is -0.189. The van der Waals surface area contributed by atoms with Gasteiger partial charge in [-0.1, -0.05) is 17.7 Å². The van der Waals surface area contributed by atoms with E-state index in [-0.39, 0.29) is 12.2 Å². The average Bonchev–Trinajstić information content (AvgIpc) is 2.32. The average molecular weight is 283 g/mol. The van der Waals surface area contributed by atoms with E-state index in [9.17, 15) is 23.1 Å². The first kappa shape index (κ1) is 14.8. The quantitative estimate of drug-likeness (QED) is 0.864. The molecule has 0 saturated heterocycles. The van der Waals surface area contributed by atoms with Gasteiger partial charge in [0.15, 0.2) is 6.10 Å². The van der Waals surface area contributed by atoms with Crippen LogP contribution in [0.1, 0.15) is 18.6 Å². The van der Waals surface area contributed by atoms with Crippen LogP contribution in [0.3, 0.4) is 0 Å². The van der Waals surface area contributed by atoms with E-state index in [1.165, 1.54) is 6.92 Å². The van der Waals surface area contributed by atoms with Crippen LogP contribution in [0.15, 0.2) is 18.2 Å². The van der Waals surface area contributed by atoms with E-state index < -0.39 is 28.8 Å². The molecule has 1 N–H and O–H groups in total. The minimum absolute atomic E-state index is 0.245. The number of alkyl halides is 2. The first-order valence-electron chi connectivity index (χ1n) is 4.98. The van der Waals surface area contributed by atoms with Crippen molar-refractivity contribution >= 4 is 17.6 Å². The molecule has 100 valence electrons. The highest BCUT2D eigenvalue weighted by Gasteiger charge is 2.49. The molecule has 1 aromatic carbocycles. The van der Waals surface area contributed by atoms with Crippen LogP contribution < -0.4 is 0 Å². The Morgan fingerprint density at radius 3 is 2.67 bits per heavy atom. The molecule has 0 fully saturated rings. The molecule has 0 aliphatic carbocycles. The third kappa shape index (κ3) is 2.94. The van der Waals surface area contributed by atoms with Crippen molar-refractivity contribution < 1.29 is 27.8 Å². The Hall–Kier alpha value is -1.27. The Balaban J connectivity index is 3.01. The van der Waals surface area contributed by atoms with E-state index in [0.29, 0.717) is 0 Å². The van der Waals surface area contributed by atoms with Gasteiger partial charge in [-0.3, -0.25) is 0 Å². The van der Waals surface area contributed by atoms with E-state index in [2.05, 4.69) is 4.74 Å². The normalized spacial score (nSPS) is 13.2. The zero-order valence-corrected chi connectivity index (χ0v) is 10.0. The molecule has 0 amide bonds. The van der Waals surface area contributed by atoms with Crippen LogP contribution in [-0.2, 0) is 9.53 Å². The lowest BCUT2D eigenvalue weighted by atomic mass is 10.0. The molecule has 7 heteroatoms. The maximum absolute atomic E-state index is 13.5. The lowest BCUT2D eigenvalue weighted by Gasteiger charge is -2.21. The van der Waals surface area contributed by atoms with Gasteiger partial charge in [-0.05, 0) is 24.6 Å². The first-order valence-corrected chi connectivity index (χ1v) is 5.36. The van der Waals surface area contributed by atoms with Gasteiger partial charge < -0.3 is 9.84 Å². The minimum Gasteiger partial charge on any atom is -0.461 e. The topological polar surface area (TPSA) is 46.5 Å². The van der Waals surface area contributed by atoms with Crippen molar-refractivity contribution in [1.29, 1.82) is 0 Å². The number of ether oxygens (including phenoxy) is 1. The molecule has 0 bridgehead atoms. The molecular formula is C11H10ClF3O3. The van der Waals surface area contributed by atoms with Crippen LogP contribution in [0.2, 0.25) is 5.02 Å². The molecule has 1 rings (SSSR count). The van der Waals surface area contributed by atoms with E-state index in [0.717, 1.165) is 18.2 Å². The highest BCUT2D eigenvalue weighted by Crippen LogP contribution is 2.34. The van der Waals surface area contributed by atoms with Gasteiger partial charge >= 0.3 is 11.9 Å². The monoisotopic (exact) mass is 282 g/mol. The number of halogens is 4. The summed E-state index contributed by atoms with van der Waals surface area (Å²) in [5, 5.41) is 9.00. The summed E-state index contributed by atoms with van der Waals surface area (Å²) in [4.78, 5) is 11.0. The molecule has 0 aliphatic rings. The first-order chi connectivity index (χ1) is 8.30. The lowest BCUT2D eigenvalue weighted by Crippen LogP contribution is -2.37. The highest BCUT2D eigenvalue weighted by molar-refractivity contribution is 6.30. The number of aliphatic hydroxyl groups excluding tert-OH is 1. The van der Waals surface area contributed by atoms with Gasteiger partial charge in [0, 0.05) is 0 Å². The van der Waals surface area contributed by atoms with Crippen LogP contribution in [0.25, 0.3) is 0 Å². The second-order valence-corrected chi connectivity index (χ2v) is 3.83. The summed E-state index contributed by atoms with van der Waals surface area (Å²) in [7, 11) is 0. The number of hydrogen-bond acceptors (Lipinski definition) is 3. The van der Waals surface area contributed by atoms with E-state index in [4.69, 9.17) is 11.6 Å². The van der Waals surface area contributed by atoms with Gasteiger partial charge in [0.2, 0.25) is 0 Å². The minimum atomic E-state index is -4.13. The Bertz CT molecular complexity index is 451. The summed E-state index contributed by atoms with van der Waals surface area (Å²) in [5.74, 6) is -6.79. The number of esters is 1. The molecule has 3 nitrogen and oxygen atoms in total. The van der Waals surface area contributed by atoms with Crippen LogP contribution in [-0.4, -0.2) is 23.6 Å². The van der Waals surface area contributed by atoms with Gasteiger partial charge in [0.1, 0.15) is 5.82 Å². The van der Waals surface area contributed by atoms with Gasteiger partial charge in [-0.15, -0.1) is 0 Å². The van der Waals surface area contributed by atoms with Crippen LogP contribution in [0.4, 0.5) is 13.2 Å². The third-order valence-corrected chi connectivity index (χ3v) is 2.44. The predicted octanol–water partition coefficient (Wildman–Crippen LogP) is 2.71. The van der Waals surface area contributed by atoms with Crippen molar-refractivity contribution in [2.45, 2.75) is 19.0 Å². The molecule has 0 saturated carbocycles. The van der Waals surface area contributed by atoms with Crippen LogP contribution >= 0.6 is 11.6 Å². The van der Waals surface area contributed by atoms with Crippen molar-refractivity contribution in [3.05, 3.63) is 34.6 Å². The Kier molecular flexibility index (Phi) is 4.59. The molecule has 18 heavy (non-hydrogen) atoms. The molecule has 1 unspecified atom stereocenters. The van der Waals surface area contributed by atoms with Crippen molar-refractivity contribution in [2.24, 2.45) is 0 Å². The Morgan fingerprint density at radius 1 is 1.56 bits per heavy atom. The van der Waals surface area contributed by atoms with Gasteiger partial charge in [-0.25, -0.2) is 9.18 Å². The summed E-state index contributed by atoms with van der Waals surface area (Å²) in [5.41, 5.74) is -0.376. The van der Waals surface area contributed by atoms with Gasteiger partial charge in [0.05, 0.1) is 11.6 Å². The summed E-state index contributed by atoms with van der Waals surface area (Å²) in [6, 6.07) is 2.57. The fourth-order valence-electron chi connectivity index (χ4n) is 1.23. The number of carbonyl (C=O) groups excluding carboxylic acids is 1.